The van der Waals surface area contributed by atoms with E-state index in [9.17, 15) is 4.79 Å². The number of hydrogen-bond acceptors (Lipinski definition) is 3. The maximum atomic E-state index is 12.1. The van der Waals surface area contributed by atoms with Gasteiger partial charge in [-0.15, -0.1) is 0 Å². The van der Waals surface area contributed by atoms with Crippen LogP contribution in [0.25, 0.3) is 0 Å². The number of nitrogens with two attached hydrogens (primary N) is 1. The number of carbonyl (C=O) groups is 1. The van der Waals surface area contributed by atoms with Crippen molar-refractivity contribution in [1.29, 1.82) is 0 Å². The molecule has 2 atom stereocenters. The maximum Gasteiger partial charge on any atom is 0.225 e. The summed E-state index contributed by atoms with van der Waals surface area (Å²) in [5, 5.41) is 0. The number of rotatable bonds is 1. The molecule has 0 aromatic carbocycles. The van der Waals surface area contributed by atoms with Gasteiger partial charge in [-0.05, 0) is 39.3 Å². The number of likely N-dealkylation sites (tertiary alicyclic amines) is 1. The van der Waals surface area contributed by atoms with Crippen molar-refractivity contribution in [2.45, 2.75) is 51.7 Å². The molecule has 17 heavy (non-hydrogen) atoms. The molecule has 0 spiro atoms. The molecule has 2 rings (SSSR count). The van der Waals surface area contributed by atoms with Crippen LogP contribution in [-0.2, 0) is 4.79 Å². The predicted octanol–water partition coefficient (Wildman–Crippen LogP) is 1.99. The van der Waals surface area contributed by atoms with Crippen LogP contribution in [0.15, 0.2) is 16.7 Å². The molecular weight excluding hydrogens is 216 g/mol. The van der Waals surface area contributed by atoms with Crippen molar-refractivity contribution in [3.05, 3.63) is 23.7 Å². The third kappa shape index (κ3) is 1.97. The Kier molecular flexibility index (Phi) is 2.78. The fourth-order valence-corrected chi connectivity index (χ4v) is 2.55. The van der Waals surface area contributed by atoms with Gasteiger partial charge in [-0.3, -0.25) is 4.79 Å². The van der Waals surface area contributed by atoms with Crippen LogP contribution in [0.4, 0.5) is 0 Å². The van der Waals surface area contributed by atoms with E-state index in [1.54, 1.807) is 6.26 Å². The van der Waals surface area contributed by atoms with E-state index in [2.05, 4.69) is 0 Å². The lowest BCUT2D eigenvalue weighted by Gasteiger charge is -2.37. The van der Waals surface area contributed by atoms with E-state index in [4.69, 9.17) is 10.2 Å². The second kappa shape index (κ2) is 3.88. The minimum atomic E-state index is -0.241. The first kappa shape index (κ1) is 12.2. The zero-order valence-corrected chi connectivity index (χ0v) is 10.9. The van der Waals surface area contributed by atoms with Crippen LogP contribution in [0.1, 0.15) is 44.6 Å². The number of nitrogens with zero attached hydrogens (tertiary/aromatic N) is 1. The minimum absolute atomic E-state index is 0.103. The predicted molar refractivity (Wildman–Crippen MR) is 65.4 cm³/mol. The first-order chi connectivity index (χ1) is 7.82. The van der Waals surface area contributed by atoms with E-state index in [-0.39, 0.29) is 23.5 Å². The largest absolute Gasteiger partial charge is 0.467 e. The van der Waals surface area contributed by atoms with Crippen LogP contribution in [0.2, 0.25) is 0 Å². The summed E-state index contributed by atoms with van der Waals surface area (Å²) in [6.07, 6.45) is 2.04. The Morgan fingerprint density at radius 2 is 2.12 bits per heavy atom. The number of hydrogen-bond donors (Lipinski definition) is 1. The van der Waals surface area contributed by atoms with Crippen molar-refractivity contribution in [2.75, 3.05) is 0 Å². The SMILES string of the molecule is Cc1ccoc1C1C(N)CC(=O)N1C(C)(C)C. The van der Waals surface area contributed by atoms with Crippen LogP contribution in [-0.4, -0.2) is 22.4 Å². The molecular formula is C13H20N2O2. The van der Waals surface area contributed by atoms with Crippen LogP contribution in [0.3, 0.4) is 0 Å². The Hall–Kier alpha value is -1.29. The minimum Gasteiger partial charge on any atom is -0.467 e. The van der Waals surface area contributed by atoms with E-state index in [1.165, 1.54) is 0 Å². The third-order valence-electron chi connectivity index (χ3n) is 3.26. The average molecular weight is 236 g/mol. The molecule has 0 radical (unpaired) electrons. The van der Waals surface area contributed by atoms with Crippen molar-refractivity contribution in [2.24, 2.45) is 5.73 Å². The van der Waals surface area contributed by atoms with Gasteiger partial charge in [-0.25, -0.2) is 0 Å². The van der Waals surface area contributed by atoms with Gasteiger partial charge in [0, 0.05) is 18.0 Å². The average Bonchev–Trinajstić information content (AvgIpc) is 2.68. The van der Waals surface area contributed by atoms with E-state index < -0.39 is 0 Å². The normalized spacial score (nSPS) is 25.7. The summed E-state index contributed by atoms with van der Waals surface area (Å²) in [5.41, 5.74) is 6.90. The Balaban J connectivity index is 2.43. The molecule has 1 amide bonds. The number of amides is 1. The molecule has 0 bridgehead atoms. The van der Waals surface area contributed by atoms with Crippen molar-refractivity contribution in [1.82, 2.24) is 4.90 Å². The first-order valence-electron chi connectivity index (χ1n) is 5.94. The summed E-state index contributed by atoms with van der Waals surface area (Å²) in [6, 6.07) is 1.58. The number of aryl methyl sites for hydroxylation is 1. The van der Waals surface area contributed by atoms with Gasteiger partial charge in [-0.2, -0.15) is 0 Å². The van der Waals surface area contributed by atoms with Crippen molar-refractivity contribution in [3.63, 3.8) is 0 Å². The number of furan rings is 1. The first-order valence-corrected chi connectivity index (χ1v) is 5.94. The molecule has 1 aromatic rings. The highest BCUT2D eigenvalue weighted by Gasteiger charge is 2.45. The van der Waals surface area contributed by atoms with Crippen LogP contribution < -0.4 is 5.73 Å². The molecule has 1 fully saturated rings. The summed E-state index contributed by atoms with van der Waals surface area (Å²) in [6.45, 7) is 8.05. The van der Waals surface area contributed by atoms with Gasteiger partial charge < -0.3 is 15.1 Å². The standard InChI is InChI=1S/C13H20N2O2/c1-8-5-6-17-12(8)11-9(14)7-10(16)15(11)13(2,3)4/h5-6,9,11H,7,14H2,1-4H3. The van der Waals surface area contributed by atoms with Gasteiger partial charge in [0.1, 0.15) is 11.8 Å². The highest BCUT2D eigenvalue weighted by atomic mass is 16.3. The van der Waals surface area contributed by atoms with E-state index in [1.807, 2.05) is 38.7 Å². The lowest BCUT2D eigenvalue weighted by Crippen LogP contribution is -2.45. The molecule has 4 nitrogen and oxygen atoms in total. The van der Waals surface area contributed by atoms with Gasteiger partial charge in [0.2, 0.25) is 5.91 Å². The summed E-state index contributed by atoms with van der Waals surface area (Å²) in [7, 11) is 0. The molecule has 1 saturated heterocycles. The van der Waals surface area contributed by atoms with Gasteiger partial charge >= 0.3 is 0 Å². The Bertz CT molecular complexity index is 431. The molecule has 94 valence electrons. The van der Waals surface area contributed by atoms with E-state index in [0.717, 1.165) is 11.3 Å². The topological polar surface area (TPSA) is 59.5 Å². The molecule has 0 aliphatic carbocycles. The molecule has 1 aromatic heterocycles. The van der Waals surface area contributed by atoms with Gasteiger partial charge in [-0.1, -0.05) is 0 Å². The summed E-state index contributed by atoms with van der Waals surface area (Å²) < 4.78 is 5.52. The van der Waals surface area contributed by atoms with Crippen LogP contribution in [0.5, 0.6) is 0 Å². The molecule has 0 saturated carbocycles. The zero-order chi connectivity index (χ0) is 12.8. The summed E-state index contributed by atoms with van der Waals surface area (Å²) in [4.78, 5) is 13.9. The zero-order valence-electron chi connectivity index (χ0n) is 10.9. The lowest BCUT2D eigenvalue weighted by atomic mass is 10.00. The van der Waals surface area contributed by atoms with Crippen LogP contribution >= 0.6 is 0 Å². The Morgan fingerprint density at radius 1 is 1.47 bits per heavy atom. The van der Waals surface area contributed by atoms with Gasteiger partial charge in [0.25, 0.3) is 0 Å². The Morgan fingerprint density at radius 3 is 2.59 bits per heavy atom. The molecule has 2 N–H and O–H groups in total. The second-order valence-corrected chi connectivity index (χ2v) is 5.72. The molecule has 1 aliphatic rings. The van der Waals surface area contributed by atoms with Crippen LogP contribution in [0, 0.1) is 6.92 Å². The highest BCUT2D eigenvalue weighted by Crippen LogP contribution is 2.38. The second-order valence-electron chi connectivity index (χ2n) is 5.72. The molecule has 2 heterocycles. The fraction of sp³-hybridized carbons (Fsp3) is 0.615. The number of carbonyl (C=O) groups excluding carboxylic acids is 1. The summed E-state index contributed by atoms with van der Waals surface area (Å²) in [5.74, 6) is 0.920. The monoisotopic (exact) mass is 236 g/mol. The third-order valence-corrected chi connectivity index (χ3v) is 3.26. The maximum absolute atomic E-state index is 12.1. The van der Waals surface area contributed by atoms with E-state index >= 15 is 0 Å². The van der Waals surface area contributed by atoms with Crippen molar-refractivity contribution >= 4 is 5.91 Å². The molecule has 2 unspecified atom stereocenters. The van der Waals surface area contributed by atoms with Gasteiger partial charge in [0.05, 0.1) is 6.26 Å². The van der Waals surface area contributed by atoms with Crippen molar-refractivity contribution < 1.29 is 9.21 Å². The quantitative estimate of drug-likeness (QED) is 0.811. The summed E-state index contributed by atoms with van der Waals surface area (Å²) >= 11 is 0. The highest BCUT2D eigenvalue weighted by molar-refractivity contribution is 5.81. The lowest BCUT2D eigenvalue weighted by molar-refractivity contribution is -0.134. The molecule has 1 aliphatic heterocycles. The Labute approximate surface area is 102 Å². The van der Waals surface area contributed by atoms with Gasteiger partial charge in [0.15, 0.2) is 0 Å². The van der Waals surface area contributed by atoms with E-state index in [0.29, 0.717) is 6.42 Å². The smallest absolute Gasteiger partial charge is 0.225 e. The fourth-order valence-electron chi connectivity index (χ4n) is 2.55. The van der Waals surface area contributed by atoms with Crippen molar-refractivity contribution in [3.8, 4) is 0 Å². The molecule has 4 heteroatoms.